The molecule has 3 nitrogen and oxygen atoms in total. The molecule has 1 heterocycles. The number of nitrogens with one attached hydrogen (secondary N) is 1. The third-order valence-electron chi connectivity index (χ3n) is 4.45. The fourth-order valence-electron chi connectivity index (χ4n) is 3.07. The molecule has 3 rings (SSSR count). The van der Waals surface area contributed by atoms with Crippen LogP contribution in [0.2, 0.25) is 5.02 Å². The second kappa shape index (κ2) is 6.99. The van der Waals surface area contributed by atoms with E-state index in [4.69, 9.17) is 11.6 Å². The minimum atomic E-state index is 0.734. The summed E-state index contributed by atoms with van der Waals surface area (Å²) in [5.41, 5.74) is 2.71. The average molecular weight is 308 g/mol. The molecule has 116 valence electrons. The molecule has 1 saturated heterocycles. The number of piperazine rings is 1. The van der Waals surface area contributed by atoms with Crippen molar-refractivity contribution in [2.24, 2.45) is 0 Å². The van der Waals surface area contributed by atoms with Gasteiger partial charge in [0.05, 0.1) is 0 Å². The second-order valence-electron chi connectivity index (χ2n) is 6.26. The van der Waals surface area contributed by atoms with Gasteiger partial charge in [0.15, 0.2) is 0 Å². The molecule has 21 heavy (non-hydrogen) atoms. The Hall–Kier alpha value is -0.770. The van der Waals surface area contributed by atoms with E-state index in [1.54, 1.807) is 0 Å². The average Bonchev–Trinajstić information content (AvgIpc) is 3.31. The number of anilines is 1. The number of benzene rings is 1. The van der Waals surface area contributed by atoms with E-state index >= 15 is 0 Å². The van der Waals surface area contributed by atoms with E-state index in [-0.39, 0.29) is 0 Å². The highest BCUT2D eigenvalue weighted by Crippen LogP contribution is 2.27. The summed E-state index contributed by atoms with van der Waals surface area (Å²) in [5, 5.41) is 4.46. The Balaban J connectivity index is 1.66. The van der Waals surface area contributed by atoms with Crippen LogP contribution in [0.5, 0.6) is 0 Å². The van der Waals surface area contributed by atoms with Gasteiger partial charge in [-0.2, -0.15) is 0 Å². The van der Waals surface area contributed by atoms with Gasteiger partial charge in [0.25, 0.3) is 0 Å². The first kappa shape index (κ1) is 15.1. The van der Waals surface area contributed by atoms with Crippen LogP contribution in [-0.2, 0) is 6.54 Å². The Kier molecular flexibility index (Phi) is 5.04. The van der Waals surface area contributed by atoms with Gasteiger partial charge >= 0.3 is 0 Å². The molecule has 0 radical (unpaired) electrons. The highest BCUT2D eigenvalue weighted by atomic mass is 35.5. The third-order valence-corrected chi connectivity index (χ3v) is 4.69. The Morgan fingerprint density at radius 3 is 2.62 bits per heavy atom. The predicted molar refractivity (Wildman–Crippen MR) is 90.3 cm³/mol. The first-order chi connectivity index (χ1) is 10.3. The molecule has 0 atom stereocenters. The van der Waals surface area contributed by atoms with Crippen LogP contribution in [0.4, 0.5) is 5.69 Å². The van der Waals surface area contributed by atoms with Crippen molar-refractivity contribution in [2.45, 2.75) is 38.8 Å². The van der Waals surface area contributed by atoms with E-state index in [0.29, 0.717) is 0 Å². The van der Waals surface area contributed by atoms with E-state index in [1.807, 2.05) is 6.07 Å². The maximum atomic E-state index is 6.20. The second-order valence-corrected chi connectivity index (χ2v) is 6.69. The number of halogens is 1. The summed E-state index contributed by atoms with van der Waals surface area (Å²) in [7, 11) is 0. The van der Waals surface area contributed by atoms with Crippen LogP contribution in [0.3, 0.4) is 0 Å². The van der Waals surface area contributed by atoms with Crippen LogP contribution < -0.4 is 10.2 Å². The molecule has 1 saturated carbocycles. The molecule has 1 aromatic rings. The summed E-state index contributed by atoms with van der Waals surface area (Å²) in [6.07, 6.45) is 3.90. The van der Waals surface area contributed by atoms with E-state index in [2.05, 4.69) is 34.2 Å². The SMILES string of the molecule is CCCN1CCN(c2ccc(Cl)cc2CNC2CC2)CC1. The Labute approximate surface area is 133 Å². The molecule has 2 aliphatic rings. The monoisotopic (exact) mass is 307 g/mol. The summed E-state index contributed by atoms with van der Waals surface area (Å²) in [6.45, 7) is 9.02. The molecule has 0 spiro atoms. The number of hydrogen-bond acceptors (Lipinski definition) is 3. The van der Waals surface area contributed by atoms with Gasteiger partial charge in [0.2, 0.25) is 0 Å². The van der Waals surface area contributed by atoms with E-state index in [1.165, 1.54) is 50.1 Å². The first-order valence-electron chi connectivity index (χ1n) is 8.25. The molecule has 4 heteroatoms. The van der Waals surface area contributed by atoms with Crippen LogP contribution in [-0.4, -0.2) is 43.7 Å². The molecule has 1 aliphatic heterocycles. The van der Waals surface area contributed by atoms with Crippen LogP contribution in [0, 0.1) is 0 Å². The molecule has 0 amide bonds. The van der Waals surface area contributed by atoms with E-state index in [0.717, 1.165) is 30.7 Å². The van der Waals surface area contributed by atoms with Gasteiger partial charge in [-0.1, -0.05) is 18.5 Å². The quantitative estimate of drug-likeness (QED) is 0.871. The standard InChI is InChI=1S/C17H26ClN3/c1-2-7-20-8-10-21(11-9-20)17-6-3-15(18)12-14(17)13-19-16-4-5-16/h3,6,12,16,19H,2,4-5,7-11,13H2,1H3. The summed E-state index contributed by atoms with van der Waals surface area (Å²) in [4.78, 5) is 5.08. The van der Waals surface area contributed by atoms with Crippen molar-refractivity contribution in [3.63, 3.8) is 0 Å². The Morgan fingerprint density at radius 2 is 1.95 bits per heavy atom. The minimum absolute atomic E-state index is 0.734. The lowest BCUT2D eigenvalue weighted by atomic mass is 10.1. The zero-order chi connectivity index (χ0) is 14.7. The highest BCUT2D eigenvalue weighted by Gasteiger charge is 2.22. The summed E-state index contributed by atoms with van der Waals surface area (Å²) in [5.74, 6) is 0. The molecule has 0 unspecified atom stereocenters. The van der Waals surface area contributed by atoms with Crippen molar-refractivity contribution >= 4 is 17.3 Å². The van der Waals surface area contributed by atoms with Crippen molar-refractivity contribution in [1.29, 1.82) is 0 Å². The molecule has 0 bridgehead atoms. The van der Waals surface area contributed by atoms with Crippen molar-refractivity contribution in [2.75, 3.05) is 37.6 Å². The van der Waals surface area contributed by atoms with Gasteiger partial charge in [0, 0.05) is 49.5 Å². The predicted octanol–water partition coefficient (Wildman–Crippen LogP) is 3.12. The molecular formula is C17H26ClN3. The van der Waals surface area contributed by atoms with Crippen molar-refractivity contribution in [1.82, 2.24) is 10.2 Å². The van der Waals surface area contributed by atoms with Gasteiger partial charge in [-0.15, -0.1) is 0 Å². The highest BCUT2D eigenvalue weighted by molar-refractivity contribution is 6.30. The zero-order valence-corrected chi connectivity index (χ0v) is 13.7. The summed E-state index contributed by atoms with van der Waals surface area (Å²) < 4.78 is 0. The van der Waals surface area contributed by atoms with Gasteiger partial charge in [-0.05, 0) is 49.6 Å². The van der Waals surface area contributed by atoms with Gasteiger partial charge in [-0.3, -0.25) is 4.90 Å². The van der Waals surface area contributed by atoms with Gasteiger partial charge in [-0.25, -0.2) is 0 Å². The normalized spacial score (nSPS) is 20.0. The third kappa shape index (κ3) is 4.12. The van der Waals surface area contributed by atoms with Gasteiger partial charge in [0.1, 0.15) is 0 Å². The van der Waals surface area contributed by atoms with Crippen LogP contribution in [0.1, 0.15) is 31.7 Å². The minimum Gasteiger partial charge on any atom is -0.369 e. The van der Waals surface area contributed by atoms with Gasteiger partial charge < -0.3 is 10.2 Å². The fraction of sp³-hybridized carbons (Fsp3) is 0.647. The number of rotatable bonds is 6. The Bertz CT molecular complexity index is 465. The van der Waals surface area contributed by atoms with Crippen LogP contribution in [0.15, 0.2) is 18.2 Å². The molecule has 1 aromatic carbocycles. The summed E-state index contributed by atoms with van der Waals surface area (Å²) in [6, 6.07) is 7.08. The van der Waals surface area contributed by atoms with E-state index in [9.17, 15) is 0 Å². The fourth-order valence-corrected chi connectivity index (χ4v) is 3.27. The zero-order valence-electron chi connectivity index (χ0n) is 12.9. The van der Waals surface area contributed by atoms with E-state index < -0.39 is 0 Å². The lowest BCUT2D eigenvalue weighted by molar-refractivity contribution is 0.258. The lowest BCUT2D eigenvalue weighted by Crippen LogP contribution is -2.46. The number of hydrogen-bond donors (Lipinski definition) is 1. The smallest absolute Gasteiger partial charge is 0.0413 e. The topological polar surface area (TPSA) is 18.5 Å². The molecule has 1 N–H and O–H groups in total. The maximum Gasteiger partial charge on any atom is 0.0413 e. The summed E-state index contributed by atoms with van der Waals surface area (Å²) >= 11 is 6.20. The Morgan fingerprint density at radius 1 is 1.19 bits per heavy atom. The lowest BCUT2D eigenvalue weighted by Gasteiger charge is -2.37. The van der Waals surface area contributed by atoms with Crippen molar-refractivity contribution in [3.05, 3.63) is 28.8 Å². The maximum absolute atomic E-state index is 6.20. The molecular weight excluding hydrogens is 282 g/mol. The largest absolute Gasteiger partial charge is 0.369 e. The van der Waals surface area contributed by atoms with Crippen molar-refractivity contribution < 1.29 is 0 Å². The number of nitrogens with zero attached hydrogens (tertiary/aromatic N) is 2. The van der Waals surface area contributed by atoms with Crippen LogP contribution >= 0.6 is 11.6 Å². The molecule has 1 aliphatic carbocycles. The van der Waals surface area contributed by atoms with Crippen molar-refractivity contribution in [3.8, 4) is 0 Å². The molecule has 0 aromatic heterocycles. The first-order valence-corrected chi connectivity index (χ1v) is 8.63. The molecule has 2 fully saturated rings. The van der Waals surface area contributed by atoms with Crippen LogP contribution in [0.25, 0.3) is 0 Å².